The van der Waals surface area contributed by atoms with Crippen molar-refractivity contribution in [3.8, 4) is 0 Å². The van der Waals surface area contributed by atoms with Crippen LogP contribution in [0.4, 0.5) is 15.8 Å². The molecule has 0 unspecified atom stereocenters. The molecule has 15 heavy (non-hydrogen) atoms. The Balaban J connectivity index is 2.34. The van der Waals surface area contributed by atoms with Crippen LogP contribution in [-0.2, 0) is 0 Å². The van der Waals surface area contributed by atoms with Gasteiger partial charge in [-0.15, -0.1) is 0 Å². The Morgan fingerprint density at radius 2 is 2.13 bits per heavy atom. The lowest BCUT2D eigenvalue weighted by atomic mass is 9.99. The fraction of sp³-hybridized carbons (Fsp3) is 0.500. The minimum atomic E-state index is -0.301. The Labute approximate surface area is 90.1 Å². The van der Waals surface area contributed by atoms with E-state index in [4.69, 9.17) is 0 Å². The van der Waals surface area contributed by atoms with Crippen LogP contribution in [-0.4, -0.2) is 25.3 Å². The number of alkyl halides is 1. The van der Waals surface area contributed by atoms with Crippen LogP contribution in [0.15, 0.2) is 24.3 Å². The van der Waals surface area contributed by atoms with Gasteiger partial charge in [-0.1, -0.05) is 12.1 Å². The zero-order valence-corrected chi connectivity index (χ0v) is 9.26. The molecule has 1 aliphatic rings. The van der Waals surface area contributed by atoms with Crippen molar-refractivity contribution in [2.75, 3.05) is 30.0 Å². The second kappa shape index (κ2) is 3.72. The molecule has 0 saturated carbocycles. The summed E-state index contributed by atoms with van der Waals surface area (Å²) in [6.07, 6.45) is 0. The van der Waals surface area contributed by atoms with Crippen molar-refractivity contribution < 1.29 is 4.39 Å². The van der Waals surface area contributed by atoms with E-state index in [0.29, 0.717) is 6.54 Å². The molecule has 0 bridgehead atoms. The van der Waals surface area contributed by atoms with Crippen LogP contribution in [0.1, 0.15) is 13.8 Å². The second-order valence-corrected chi connectivity index (χ2v) is 4.64. The van der Waals surface area contributed by atoms with Crippen LogP contribution in [0.2, 0.25) is 0 Å². The third-order valence-electron chi connectivity index (χ3n) is 2.66. The number of para-hydroxylation sites is 2. The number of halogens is 1. The van der Waals surface area contributed by atoms with Crippen LogP contribution in [0.25, 0.3) is 0 Å². The highest BCUT2D eigenvalue weighted by Crippen LogP contribution is 2.33. The third kappa shape index (κ3) is 2.06. The van der Waals surface area contributed by atoms with E-state index in [9.17, 15) is 4.39 Å². The minimum absolute atomic E-state index is 0.00350. The molecule has 0 amide bonds. The normalized spacial score (nSPS) is 18.2. The van der Waals surface area contributed by atoms with E-state index in [1.165, 1.54) is 0 Å². The van der Waals surface area contributed by atoms with Gasteiger partial charge in [-0.2, -0.15) is 0 Å². The molecule has 1 aliphatic heterocycles. The van der Waals surface area contributed by atoms with E-state index in [1.807, 2.05) is 24.3 Å². The average Bonchev–Trinajstić information content (AvgIpc) is 2.16. The lowest BCUT2D eigenvalue weighted by Gasteiger charge is -2.41. The number of rotatable bonds is 2. The number of hydrogen-bond donors (Lipinski definition) is 1. The van der Waals surface area contributed by atoms with Crippen LogP contribution in [0.5, 0.6) is 0 Å². The molecule has 82 valence electrons. The second-order valence-electron chi connectivity index (χ2n) is 4.64. The SMILES string of the molecule is CC1(C)CN(CCF)c2ccccc2N1. The van der Waals surface area contributed by atoms with E-state index < -0.39 is 0 Å². The summed E-state index contributed by atoms with van der Waals surface area (Å²) < 4.78 is 12.5. The van der Waals surface area contributed by atoms with Crippen molar-refractivity contribution in [2.24, 2.45) is 0 Å². The van der Waals surface area contributed by atoms with Gasteiger partial charge in [0.2, 0.25) is 0 Å². The van der Waals surface area contributed by atoms with E-state index in [1.54, 1.807) is 0 Å². The zero-order chi connectivity index (χ0) is 10.9. The summed E-state index contributed by atoms with van der Waals surface area (Å²) in [5.41, 5.74) is 2.21. The number of benzene rings is 1. The highest BCUT2D eigenvalue weighted by atomic mass is 19.1. The lowest BCUT2D eigenvalue weighted by molar-refractivity contribution is 0.462. The lowest BCUT2D eigenvalue weighted by Crippen LogP contribution is -2.49. The van der Waals surface area contributed by atoms with Crippen LogP contribution in [0.3, 0.4) is 0 Å². The zero-order valence-electron chi connectivity index (χ0n) is 9.26. The predicted octanol–water partition coefficient (Wildman–Crippen LogP) is 2.67. The van der Waals surface area contributed by atoms with Crippen LogP contribution < -0.4 is 10.2 Å². The van der Waals surface area contributed by atoms with Crippen LogP contribution >= 0.6 is 0 Å². The molecule has 1 aromatic carbocycles. The van der Waals surface area contributed by atoms with E-state index in [-0.39, 0.29) is 12.2 Å². The summed E-state index contributed by atoms with van der Waals surface area (Å²) in [5, 5.41) is 3.46. The van der Waals surface area contributed by atoms with E-state index in [0.717, 1.165) is 17.9 Å². The first-order chi connectivity index (χ1) is 7.12. The summed E-state index contributed by atoms with van der Waals surface area (Å²) in [6, 6.07) is 8.07. The van der Waals surface area contributed by atoms with Gasteiger partial charge in [0.15, 0.2) is 0 Å². The largest absolute Gasteiger partial charge is 0.377 e. The van der Waals surface area contributed by atoms with Crippen molar-refractivity contribution in [1.29, 1.82) is 0 Å². The summed E-state index contributed by atoms with van der Waals surface area (Å²) in [6.45, 7) is 5.28. The van der Waals surface area contributed by atoms with Gasteiger partial charge >= 0.3 is 0 Å². The van der Waals surface area contributed by atoms with Gasteiger partial charge in [-0.3, -0.25) is 0 Å². The number of anilines is 2. The third-order valence-corrected chi connectivity index (χ3v) is 2.66. The van der Waals surface area contributed by atoms with Gasteiger partial charge in [0.1, 0.15) is 6.67 Å². The van der Waals surface area contributed by atoms with Crippen molar-refractivity contribution in [3.63, 3.8) is 0 Å². The molecular formula is C12H17FN2. The molecule has 3 heteroatoms. The molecule has 0 aromatic heterocycles. The molecule has 0 aliphatic carbocycles. The average molecular weight is 208 g/mol. The molecule has 1 heterocycles. The van der Waals surface area contributed by atoms with Crippen molar-refractivity contribution in [2.45, 2.75) is 19.4 Å². The number of nitrogens with zero attached hydrogens (tertiary/aromatic N) is 1. The Kier molecular flexibility index (Phi) is 2.55. The van der Waals surface area contributed by atoms with Gasteiger partial charge in [-0.05, 0) is 26.0 Å². The summed E-state index contributed by atoms with van der Waals surface area (Å²) >= 11 is 0. The first-order valence-electron chi connectivity index (χ1n) is 5.30. The Morgan fingerprint density at radius 3 is 2.87 bits per heavy atom. The monoisotopic (exact) mass is 208 g/mol. The Hall–Kier alpha value is -1.25. The quantitative estimate of drug-likeness (QED) is 0.803. The molecular weight excluding hydrogens is 191 g/mol. The molecule has 0 atom stereocenters. The van der Waals surface area contributed by atoms with Crippen molar-refractivity contribution >= 4 is 11.4 Å². The number of nitrogens with one attached hydrogen (secondary N) is 1. The van der Waals surface area contributed by atoms with Gasteiger partial charge in [-0.25, -0.2) is 4.39 Å². The van der Waals surface area contributed by atoms with Gasteiger partial charge in [0.05, 0.1) is 11.4 Å². The molecule has 0 spiro atoms. The van der Waals surface area contributed by atoms with Gasteiger partial charge in [0.25, 0.3) is 0 Å². The highest BCUT2D eigenvalue weighted by molar-refractivity contribution is 5.73. The molecule has 2 rings (SSSR count). The molecule has 1 aromatic rings. The smallest absolute Gasteiger partial charge is 0.107 e. The first kappa shape index (κ1) is 10.3. The fourth-order valence-electron chi connectivity index (χ4n) is 2.12. The van der Waals surface area contributed by atoms with E-state index in [2.05, 4.69) is 24.1 Å². The minimum Gasteiger partial charge on any atom is -0.377 e. The molecule has 1 N–H and O–H groups in total. The molecule has 2 nitrogen and oxygen atoms in total. The van der Waals surface area contributed by atoms with Gasteiger partial charge in [0, 0.05) is 18.6 Å². The molecule has 0 fully saturated rings. The Morgan fingerprint density at radius 1 is 1.40 bits per heavy atom. The molecule has 0 saturated heterocycles. The Bertz CT molecular complexity index is 349. The summed E-state index contributed by atoms with van der Waals surface area (Å²) in [5.74, 6) is 0. The maximum atomic E-state index is 12.5. The first-order valence-corrected chi connectivity index (χ1v) is 5.30. The summed E-state index contributed by atoms with van der Waals surface area (Å²) in [7, 11) is 0. The van der Waals surface area contributed by atoms with Gasteiger partial charge < -0.3 is 10.2 Å². The molecule has 0 radical (unpaired) electrons. The van der Waals surface area contributed by atoms with E-state index >= 15 is 0 Å². The maximum Gasteiger partial charge on any atom is 0.107 e. The number of hydrogen-bond acceptors (Lipinski definition) is 2. The maximum absolute atomic E-state index is 12.5. The van der Waals surface area contributed by atoms with Crippen molar-refractivity contribution in [1.82, 2.24) is 0 Å². The predicted molar refractivity (Wildman–Crippen MR) is 62.3 cm³/mol. The highest BCUT2D eigenvalue weighted by Gasteiger charge is 2.28. The van der Waals surface area contributed by atoms with Crippen molar-refractivity contribution in [3.05, 3.63) is 24.3 Å². The summed E-state index contributed by atoms with van der Waals surface area (Å²) in [4.78, 5) is 2.10. The number of fused-ring (bicyclic) bond motifs is 1. The van der Waals surface area contributed by atoms with Crippen LogP contribution in [0, 0.1) is 0 Å². The standard InChI is InChI=1S/C12H17FN2/c1-12(2)9-15(8-7-13)11-6-4-3-5-10(11)14-12/h3-6,14H,7-9H2,1-2H3. The topological polar surface area (TPSA) is 15.3 Å². The fourth-order valence-corrected chi connectivity index (χ4v) is 2.12.